The number of nitrogens with zero attached hydrogens (tertiary/aromatic N) is 2. The van der Waals surface area contributed by atoms with E-state index in [-0.39, 0.29) is 11.9 Å². The van der Waals surface area contributed by atoms with E-state index in [2.05, 4.69) is 29.1 Å². The molecule has 1 aliphatic rings. The number of aromatic nitrogens is 1. The number of rotatable bonds is 2. The van der Waals surface area contributed by atoms with Gasteiger partial charge in [-0.2, -0.15) is 0 Å². The number of nitrogens with one attached hydrogen (secondary N) is 1. The summed E-state index contributed by atoms with van der Waals surface area (Å²) >= 11 is 6.06. The van der Waals surface area contributed by atoms with Crippen LogP contribution in [0.3, 0.4) is 0 Å². The fourth-order valence-corrected chi connectivity index (χ4v) is 3.68. The zero-order valence-electron chi connectivity index (χ0n) is 14.1. The van der Waals surface area contributed by atoms with Crippen LogP contribution in [-0.2, 0) is 0 Å². The number of hydrogen-bond donors (Lipinski definition) is 1. The van der Waals surface area contributed by atoms with Crippen LogP contribution in [0.15, 0.2) is 54.6 Å². The number of hydrogen-bond acceptors (Lipinski definition) is 2. The molecule has 0 bridgehead atoms. The molecule has 3 aromatic rings. The lowest BCUT2D eigenvalue weighted by molar-refractivity contribution is 0.0493. The highest BCUT2D eigenvalue weighted by molar-refractivity contribution is 6.31. The van der Waals surface area contributed by atoms with Crippen LogP contribution in [0.5, 0.6) is 0 Å². The molecule has 128 valence electrons. The molecule has 4 rings (SSSR count). The molecule has 1 atom stereocenters. The number of H-pyrrole nitrogens is 1. The maximum absolute atomic E-state index is 13.2. The molecular weight excluding hydrogens is 334 g/mol. The fraction of sp³-hybridized carbons (Fsp3) is 0.250. The molecule has 1 aromatic heterocycles. The van der Waals surface area contributed by atoms with E-state index in [9.17, 15) is 4.79 Å². The van der Waals surface area contributed by atoms with Crippen LogP contribution in [0.1, 0.15) is 22.1 Å². The molecular formula is C20H20ClN3O. The summed E-state index contributed by atoms with van der Waals surface area (Å²) in [4.78, 5) is 20.7. The Bertz CT molecular complexity index is 906. The molecule has 1 fully saturated rings. The Hall–Kier alpha value is -2.30. The molecule has 1 N–H and O–H groups in total. The van der Waals surface area contributed by atoms with Gasteiger partial charge in [0.25, 0.3) is 5.91 Å². The van der Waals surface area contributed by atoms with Crippen LogP contribution in [-0.4, -0.2) is 47.4 Å². The Labute approximate surface area is 152 Å². The van der Waals surface area contributed by atoms with Gasteiger partial charge in [-0.1, -0.05) is 41.9 Å². The Kier molecular flexibility index (Phi) is 4.24. The van der Waals surface area contributed by atoms with Crippen molar-refractivity contribution in [1.29, 1.82) is 0 Å². The summed E-state index contributed by atoms with van der Waals surface area (Å²) in [5.74, 6) is 0.0364. The van der Waals surface area contributed by atoms with Gasteiger partial charge in [0.2, 0.25) is 0 Å². The van der Waals surface area contributed by atoms with Crippen LogP contribution < -0.4 is 0 Å². The molecule has 0 saturated carbocycles. The minimum Gasteiger partial charge on any atom is -0.351 e. The number of amides is 1. The first-order valence-corrected chi connectivity index (χ1v) is 8.82. The van der Waals surface area contributed by atoms with Gasteiger partial charge in [0.1, 0.15) is 5.69 Å². The number of likely N-dealkylation sites (N-methyl/N-ethyl adjacent to an activating group) is 1. The van der Waals surface area contributed by atoms with Crippen molar-refractivity contribution in [3.05, 3.63) is 70.9 Å². The molecule has 0 aliphatic carbocycles. The summed E-state index contributed by atoms with van der Waals surface area (Å²) in [6.45, 7) is 2.42. The molecule has 5 heteroatoms. The standard InChI is InChI=1S/C20H20ClN3O/c1-23-9-10-24(19(13-23)14-5-3-2-4-6-14)20(25)18-12-15-11-16(21)7-8-17(15)22-18/h2-8,11-12,19,22H,9-10,13H2,1H3/t19-/m1/s1. The zero-order valence-corrected chi connectivity index (χ0v) is 14.8. The van der Waals surface area contributed by atoms with E-state index in [0.717, 1.165) is 24.0 Å². The first-order chi connectivity index (χ1) is 12.1. The van der Waals surface area contributed by atoms with E-state index < -0.39 is 0 Å². The van der Waals surface area contributed by atoms with E-state index in [0.29, 0.717) is 17.3 Å². The number of benzene rings is 2. The molecule has 25 heavy (non-hydrogen) atoms. The third kappa shape index (κ3) is 3.15. The first-order valence-electron chi connectivity index (χ1n) is 8.44. The van der Waals surface area contributed by atoms with Gasteiger partial charge in [-0.05, 0) is 36.9 Å². The first kappa shape index (κ1) is 16.2. The third-order valence-corrected chi connectivity index (χ3v) is 5.08. The van der Waals surface area contributed by atoms with Gasteiger partial charge in [0, 0.05) is 35.6 Å². The van der Waals surface area contributed by atoms with Crippen LogP contribution in [0.2, 0.25) is 5.02 Å². The molecule has 0 radical (unpaired) electrons. The highest BCUT2D eigenvalue weighted by Gasteiger charge is 2.31. The topological polar surface area (TPSA) is 39.3 Å². The number of piperazine rings is 1. The van der Waals surface area contributed by atoms with Crippen molar-refractivity contribution in [1.82, 2.24) is 14.8 Å². The van der Waals surface area contributed by atoms with Crippen molar-refractivity contribution < 1.29 is 4.79 Å². The Morgan fingerprint density at radius 1 is 1.12 bits per heavy atom. The predicted molar refractivity (Wildman–Crippen MR) is 101 cm³/mol. The molecule has 1 aliphatic heterocycles. The maximum Gasteiger partial charge on any atom is 0.270 e. The van der Waals surface area contributed by atoms with E-state index in [1.54, 1.807) is 0 Å². The van der Waals surface area contributed by atoms with Crippen LogP contribution >= 0.6 is 11.6 Å². The molecule has 2 aromatic carbocycles. The van der Waals surface area contributed by atoms with Crippen molar-refractivity contribution in [3.8, 4) is 0 Å². The quantitative estimate of drug-likeness (QED) is 0.757. The number of carbonyl (C=O) groups is 1. The third-order valence-electron chi connectivity index (χ3n) is 4.84. The van der Waals surface area contributed by atoms with Crippen molar-refractivity contribution in [2.75, 3.05) is 26.7 Å². The molecule has 0 spiro atoms. The molecule has 0 unspecified atom stereocenters. The summed E-state index contributed by atoms with van der Waals surface area (Å²) in [5.41, 5.74) is 2.71. The smallest absolute Gasteiger partial charge is 0.270 e. The second kappa shape index (κ2) is 6.54. The fourth-order valence-electron chi connectivity index (χ4n) is 3.50. The average Bonchev–Trinajstić information content (AvgIpc) is 3.05. The summed E-state index contributed by atoms with van der Waals surface area (Å²) in [6, 6.07) is 17.8. The van der Waals surface area contributed by atoms with Gasteiger partial charge >= 0.3 is 0 Å². The predicted octanol–water partition coefficient (Wildman–Crippen LogP) is 3.95. The highest BCUT2D eigenvalue weighted by Crippen LogP contribution is 2.28. The Morgan fingerprint density at radius 3 is 2.72 bits per heavy atom. The van der Waals surface area contributed by atoms with E-state index in [1.807, 2.05) is 47.4 Å². The van der Waals surface area contributed by atoms with Gasteiger partial charge in [-0.25, -0.2) is 0 Å². The van der Waals surface area contributed by atoms with E-state index in [4.69, 9.17) is 11.6 Å². The molecule has 4 nitrogen and oxygen atoms in total. The van der Waals surface area contributed by atoms with Crippen molar-refractivity contribution in [3.63, 3.8) is 0 Å². The van der Waals surface area contributed by atoms with Gasteiger partial charge in [0.15, 0.2) is 0 Å². The Morgan fingerprint density at radius 2 is 1.92 bits per heavy atom. The maximum atomic E-state index is 13.2. The highest BCUT2D eigenvalue weighted by atomic mass is 35.5. The largest absolute Gasteiger partial charge is 0.351 e. The van der Waals surface area contributed by atoms with Crippen LogP contribution in [0.4, 0.5) is 0 Å². The monoisotopic (exact) mass is 353 g/mol. The second-order valence-corrected chi connectivity index (χ2v) is 7.04. The summed E-state index contributed by atoms with van der Waals surface area (Å²) in [5, 5.41) is 1.63. The average molecular weight is 354 g/mol. The Balaban J connectivity index is 1.68. The number of aromatic amines is 1. The molecule has 1 amide bonds. The molecule has 1 saturated heterocycles. The van der Waals surface area contributed by atoms with Crippen LogP contribution in [0.25, 0.3) is 10.9 Å². The van der Waals surface area contributed by atoms with E-state index in [1.165, 1.54) is 5.56 Å². The lowest BCUT2D eigenvalue weighted by Crippen LogP contribution is -2.49. The zero-order chi connectivity index (χ0) is 17.4. The van der Waals surface area contributed by atoms with Gasteiger partial charge in [0.05, 0.1) is 6.04 Å². The lowest BCUT2D eigenvalue weighted by atomic mass is 10.0. The second-order valence-electron chi connectivity index (χ2n) is 6.60. The normalized spacial score (nSPS) is 18.6. The SMILES string of the molecule is CN1CCN(C(=O)c2cc3cc(Cl)ccc3[nH]2)[C@@H](c2ccccc2)C1. The number of halogens is 1. The lowest BCUT2D eigenvalue weighted by Gasteiger charge is -2.40. The van der Waals surface area contributed by atoms with Crippen molar-refractivity contribution in [2.24, 2.45) is 0 Å². The number of fused-ring (bicyclic) bond motifs is 1. The summed E-state index contributed by atoms with van der Waals surface area (Å²) in [7, 11) is 2.10. The minimum absolute atomic E-state index is 0.0364. The minimum atomic E-state index is 0.0364. The summed E-state index contributed by atoms with van der Waals surface area (Å²) < 4.78 is 0. The van der Waals surface area contributed by atoms with Crippen molar-refractivity contribution >= 4 is 28.4 Å². The van der Waals surface area contributed by atoms with Gasteiger partial charge in [-0.3, -0.25) is 4.79 Å². The van der Waals surface area contributed by atoms with Gasteiger partial charge in [-0.15, -0.1) is 0 Å². The van der Waals surface area contributed by atoms with Crippen molar-refractivity contribution in [2.45, 2.75) is 6.04 Å². The van der Waals surface area contributed by atoms with E-state index >= 15 is 0 Å². The number of carbonyl (C=O) groups excluding carboxylic acids is 1. The molecule has 2 heterocycles. The van der Waals surface area contributed by atoms with Gasteiger partial charge < -0.3 is 14.8 Å². The van der Waals surface area contributed by atoms with Crippen LogP contribution in [0, 0.1) is 0 Å². The summed E-state index contributed by atoms with van der Waals surface area (Å²) in [6.07, 6.45) is 0.